The molecule has 0 spiro atoms. The maximum atomic E-state index is 12.4. The molecule has 1 aromatic heterocycles. The number of amides is 1. The highest BCUT2D eigenvalue weighted by atomic mass is 35.5. The van der Waals surface area contributed by atoms with Crippen LogP contribution < -0.4 is 10.1 Å². The third kappa shape index (κ3) is 5.55. The van der Waals surface area contributed by atoms with Gasteiger partial charge >= 0.3 is 0 Å². The van der Waals surface area contributed by atoms with E-state index in [4.69, 9.17) is 16.3 Å². The summed E-state index contributed by atoms with van der Waals surface area (Å²) in [5, 5.41) is 12.7. The van der Waals surface area contributed by atoms with E-state index in [9.17, 15) is 4.79 Å². The highest BCUT2D eigenvalue weighted by molar-refractivity contribution is 7.99. The molecular weight excluding hydrogens is 420 g/mol. The lowest BCUT2D eigenvalue weighted by Crippen LogP contribution is -2.15. The van der Waals surface area contributed by atoms with Gasteiger partial charge in [0.15, 0.2) is 11.0 Å². The number of anilines is 1. The summed E-state index contributed by atoms with van der Waals surface area (Å²) in [5.74, 6) is 1.47. The third-order valence-electron chi connectivity index (χ3n) is 4.55. The Morgan fingerprint density at radius 1 is 1.13 bits per heavy atom. The van der Waals surface area contributed by atoms with Gasteiger partial charge in [0.2, 0.25) is 5.91 Å². The molecule has 30 heavy (non-hydrogen) atoms. The fourth-order valence-electron chi connectivity index (χ4n) is 2.90. The normalized spacial score (nSPS) is 10.8. The van der Waals surface area contributed by atoms with Crippen LogP contribution in [0.2, 0.25) is 5.02 Å². The average molecular weight is 445 g/mol. The van der Waals surface area contributed by atoms with Gasteiger partial charge in [-0.1, -0.05) is 41.6 Å². The van der Waals surface area contributed by atoms with E-state index in [0.29, 0.717) is 28.3 Å². The van der Waals surface area contributed by atoms with Crippen LogP contribution in [-0.4, -0.2) is 26.4 Å². The molecule has 0 atom stereocenters. The van der Waals surface area contributed by atoms with Crippen molar-refractivity contribution in [3.05, 3.63) is 63.9 Å². The van der Waals surface area contributed by atoms with E-state index >= 15 is 0 Å². The zero-order valence-electron chi connectivity index (χ0n) is 17.5. The zero-order valence-corrected chi connectivity index (χ0v) is 19.1. The molecule has 0 aliphatic heterocycles. The van der Waals surface area contributed by atoms with Crippen LogP contribution in [-0.2, 0) is 17.9 Å². The van der Waals surface area contributed by atoms with Crippen LogP contribution in [0.25, 0.3) is 0 Å². The van der Waals surface area contributed by atoms with E-state index < -0.39 is 0 Å². The Bertz CT molecular complexity index is 1050. The molecule has 2 aromatic carbocycles. The lowest BCUT2D eigenvalue weighted by molar-refractivity contribution is -0.113. The number of rotatable bonds is 8. The summed E-state index contributed by atoms with van der Waals surface area (Å²) < 4.78 is 7.79. The summed E-state index contributed by atoms with van der Waals surface area (Å²) in [4.78, 5) is 12.4. The molecule has 0 bridgehead atoms. The number of benzene rings is 2. The number of carbonyl (C=O) groups is 1. The molecule has 0 fully saturated rings. The maximum Gasteiger partial charge on any atom is 0.234 e. The summed E-state index contributed by atoms with van der Waals surface area (Å²) in [6.07, 6.45) is 0. The first-order chi connectivity index (χ1) is 14.4. The molecule has 3 aromatic rings. The highest BCUT2D eigenvalue weighted by Gasteiger charge is 2.15. The molecule has 1 heterocycles. The maximum absolute atomic E-state index is 12.4. The number of aromatic nitrogens is 3. The van der Waals surface area contributed by atoms with E-state index in [0.717, 1.165) is 22.4 Å². The molecule has 3 rings (SSSR count). The molecular formula is C22H25ClN4O2S. The van der Waals surface area contributed by atoms with Crippen LogP contribution in [0.3, 0.4) is 0 Å². The first-order valence-corrected chi connectivity index (χ1v) is 11.0. The van der Waals surface area contributed by atoms with Gasteiger partial charge in [-0.3, -0.25) is 4.79 Å². The minimum absolute atomic E-state index is 0.0799. The summed E-state index contributed by atoms with van der Waals surface area (Å²) >= 11 is 7.55. The lowest BCUT2D eigenvalue weighted by atomic mass is 10.1. The highest BCUT2D eigenvalue weighted by Crippen LogP contribution is 2.26. The molecule has 1 amide bonds. The molecule has 6 nitrogen and oxygen atoms in total. The van der Waals surface area contributed by atoms with Gasteiger partial charge in [-0.25, -0.2) is 0 Å². The van der Waals surface area contributed by atoms with Crippen LogP contribution in [0, 0.1) is 20.8 Å². The average Bonchev–Trinajstić information content (AvgIpc) is 3.11. The number of ether oxygens (including phenoxy) is 1. The summed E-state index contributed by atoms with van der Waals surface area (Å²) in [6, 6.07) is 11.6. The van der Waals surface area contributed by atoms with Gasteiger partial charge in [0.25, 0.3) is 0 Å². The Morgan fingerprint density at radius 3 is 2.63 bits per heavy atom. The van der Waals surface area contributed by atoms with E-state index in [2.05, 4.69) is 15.5 Å². The molecule has 0 aliphatic rings. The van der Waals surface area contributed by atoms with Crippen LogP contribution in [0.15, 0.2) is 41.6 Å². The minimum atomic E-state index is -0.0799. The molecule has 158 valence electrons. The van der Waals surface area contributed by atoms with Crippen LogP contribution in [0.4, 0.5) is 5.69 Å². The summed E-state index contributed by atoms with van der Waals surface area (Å²) in [5.41, 5.74) is 4.04. The van der Waals surface area contributed by atoms with Crippen molar-refractivity contribution in [3.63, 3.8) is 0 Å². The SMILES string of the molecule is CCn1c(COc2cc(C)ccc2Cl)nnc1SCC(=O)Nc1cc(C)ccc1C. The second-order valence-electron chi connectivity index (χ2n) is 7.02. The van der Waals surface area contributed by atoms with E-state index in [1.165, 1.54) is 11.8 Å². The standard InChI is InChI=1S/C22H25ClN4O2S/c1-5-27-20(12-29-19-11-15(3)7-9-17(19)23)25-26-22(27)30-13-21(28)24-18-10-14(2)6-8-16(18)4/h6-11H,5,12-13H2,1-4H3,(H,24,28). The Labute approximate surface area is 186 Å². The topological polar surface area (TPSA) is 69.0 Å². The number of nitrogens with one attached hydrogen (secondary N) is 1. The van der Waals surface area contributed by atoms with Crippen LogP contribution in [0.1, 0.15) is 29.4 Å². The van der Waals surface area contributed by atoms with Gasteiger partial charge < -0.3 is 14.6 Å². The van der Waals surface area contributed by atoms with Crippen molar-refractivity contribution < 1.29 is 9.53 Å². The quantitative estimate of drug-likeness (QED) is 0.484. The van der Waals surface area contributed by atoms with E-state index in [-0.39, 0.29) is 18.3 Å². The largest absolute Gasteiger partial charge is 0.484 e. The zero-order chi connectivity index (χ0) is 21.7. The number of aryl methyl sites for hydroxylation is 3. The van der Waals surface area contributed by atoms with Crippen LogP contribution >= 0.6 is 23.4 Å². The van der Waals surface area contributed by atoms with Crippen molar-refractivity contribution in [2.45, 2.75) is 46.0 Å². The minimum Gasteiger partial charge on any atom is -0.484 e. The van der Waals surface area contributed by atoms with Crippen molar-refractivity contribution in [2.24, 2.45) is 0 Å². The number of nitrogens with zero attached hydrogens (tertiary/aromatic N) is 3. The van der Waals surface area contributed by atoms with E-state index in [1.807, 2.05) is 68.7 Å². The van der Waals surface area contributed by atoms with E-state index in [1.54, 1.807) is 0 Å². The van der Waals surface area contributed by atoms with Crippen LogP contribution in [0.5, 0.6) is 5.75 Å². The number of carbonyl (C=O) groups excluding carboxylic acids is 1. The molecule has 0 unspecified atom stereocenters. The fraction of sp³-hybridized carbons (Fsp3) is 0.318. The third-order valence-corrected chi connectivity index (χ3v) is 5.83. The number of hydrogen-bond donors (Lipinski definition) is 1. The van der Waals surface area contributed by atoms with Gasteiger partial charge in [-0.2, -0.15) is 0 Å². The summed E-state index contributed by atoms with van der Waals surface area (Å²) in [6.45, 7) is 8.89. The molecule has 0 radical (unpaired) electrons. The molecule has 0 saturated heterocycles. The van der Waals surface area contributed by atoms with Gasteiger partial charge in [0.1, 0.15) is 12.4 Å². The number of halogens is 1. The predicted molar refractivity (Wildman–Crippen MR) is 121 cm³/mol. The Balaban J connectivity index is 1.61. The molecule has 0 saturated carbocycles. The molecule has 8 heteroatoms. The predicted octanol–water partition coefficient (Wildman–Crippen LogP) is 5.19. The van der Waals surface area contributed by atoms with Crippen molar-refractivity contribution >= 4 is 35.0 Å². The number of thioether (sulfide) groups is 1. The first-order valence-electron chi connectivity index (χ1n) is 9.68. The number of hydrogen-bond acceptors (Lipinski definition) is 5. The molecule has 0 aliphatic carbocycles. The molecule has 1 N–H and O–H groups in total. The van der Waals surface area contributed by atoms with Crippen molar-refractivity contribution in [1.29, 1.82) is 0 Å². The Hall–Kier alpha value is -2.51. The Morgan fingerprint density at radius 2 is 1.87 bits per heavy atom. The second kappa shape index (κ2) is 10.00. The first kappa shape index (κ1) is 22.2. The van der Waals surface area contributed by atoms with Crippen molar-refractivity contribution in [2.75, 3.05) is 11.1 Å². The van der Waals surface area contributed by atoms with Gasteiger partial charge in [0, 0.05) is 12.2 Å². The van der Waals surface area contributed by atoms with Gasteiger partial charge in [0.05, 0.1) is 10.8 Å². The second-order valence-corrected chi connectivity index (χ2v) is 8.37. The Kier molecular flexibility index (Phi) is 7.39. The van der Waals surface area contributed by atoms with Gasteiger partial charge in [-0.15, -0.1) is 10.2 Å². The summed E-state index contributed by atoms with van der Waals surface area (Å²) in [7, 11) is 0. The van der Waals surface area contributed by atoms with Gasteiger partial charge in [-0.05, 0) is 62.6 Å². The lowest BCUT2D eigenvalue weighted by Gasteiger charge is -2.11. The fourth-order valence-corrected chi connectivity index (χ4v) is 3.89. The smallest absolute Gasteiger partial charge is 0.234 e. The van der Waals surface area contributed by atoms with Crippen molar-refractivity contribution in [1.82, 2.24) is 14.8 Å². The van der Waals surface area contributed by atoms with Crippen molar-refractivity contribution in [3.8, 4) is 5.75 Å². The monoisotopic (exact) mass is 444 g/mol.